The van der Waals surface area contributed by atoms with E-state index in [1.54, 1.807) is 6.92 Å². The number of rotatable bonds is 9. The van der Waals surface area contributed by atoms with Crippen molar-refractivity contribution < 1.29 is 14.3 Å². The van der Waals surface area contributed by atoms with Gasteiger partial charge in [0.2, 0.25) is 0 Å². The lowest BCUT2D eigenvalue weighted by molar-refractivity contribution is -0.142. The quantitative estimate of drug-likeness (QED) is 0.435. The number of benzene rings is 2. The third kappa shape index (κ3) is 6.95. The van der Waals surface area contributed by atoms with Crippen LogP contribution >= 0.6 is 0 Å². The molecule has 7 heteroatoms. The molecule has 186 valence electrons. The molecule has 0 aliphatic carbocycles. The number of anilines is 2. The van der Waals surface area contributed by atoms with Gasteiger partial charge >= 0.3 is 5.97 Å². The number of hydrogen-bond acceptors (Lipinski definition) is 7. The van der Waals surface area contributed by atoms with Gasteiger partial charge in [-0.25, -0.2) is 4.79 Å². The van der Waals surface area contributed by atoms with E-state index in [4.69, 9.17) is 4.74 Å². The van der Waals surface area contributed by atoms with Gasteiger partial charge in [0.1, 0.15) is 11.6 Å². The monoisotopic (exact) mass is 476 g/mol. The van der Waals surface area contributed by atoms with Gasteiger partial charge < -0.3 is 15.0 Å². The molecule has 1 N–H and O–H groups in total. The van der Waals surface area contributed by atoms with Crippen LogP contribution < -0.4 is 10.2 Å². The van der Waals surface area contributed by atoms with Gasteiger partial charge in [-0.1, -0.05) is 30.3 Å². The minimum Gasteiger partial charge on any atom is -0.466 e. The number of piperidine rings is 1. The average Bonchev–Trinajstić information content (AvgIpc) is 2.90. The highest BCUT2D eigenvalue weighted by Gasteiger charge is 2.30. The predicted octanol–water partition coefficient (Wildman–Crippen LogP) is 3.90. The minimum absolute atomic E-state index is 0.108. The molecule has 2 aromatic carbocycles. The normalized spacial score (nSPS) is 19.1. The van der Waals surface area contributed by atoms with Gasteiger partial charge in [-0.05, 0) is 62.6 Å². The van der Waals surface area contributed by atoms with Gasteiger partial charge in [0, 0.05) is 44.1 Å². The van der Waals surface area contributed by atoms with E-state index < -0.39 is 5.97 Å². The molecule has 2 aliphatic rings. The van der Waals surface area contributed by atoms with Gasteiger partial charge in [0.15, 0.2) is 0 Å². The fourth-order valence-corrected chi connectivity index (χ4v) is 5.06. The Morgan fingerprint density at radius 2 is 1.74 bits per heavy atom. The number of nitrogens with zero attached hydrogens (tertiary/aromatic N) is 3. The van der Waals surface area contributed by atoms with E-state index in [9.17, 15) is 9.59 Å². The summed E-state index contributed by atoms with van der Waals surface area (Å²) >= 11 is 0. The van der Waals surface area contributed by atoms with E-state index in [0.29, 0.717) is 12.8 Å². The van der Waals surface area contributed by atoms with Crippen molar-refractivity contribution in [1.82, 2.24) is 9.80 Å². The number of ether oxygens (including phenoxy) is 1. The van der Waals surface area contributed by atoms with Crippen LogP contribution in [0.25, 0.3) is 0 Å². The van der Waals surface area contributed by atoms with Crippen molar-refractivity contribution in [3.63, 3.8) is 0 Å². The number of carbonyl (C=O) groups is 1. The van der Waals surface area contributed by atoms with Crippen molar-refractivity contribution in [2.45, 2.75) is 45.3 Å². The Kier molecular flexibility index (Phi) is 8.96. The Morgan fingerprint density at radius 3 is 2.43 bits per heavy atom. The largest absolute Gasteiger partial charge is 0.466 e. The zero-order valence-corrected chi connectivity index (χ0v) is 20.6. The summed E-state index contributed by atoms with van der Waals surface area (Å²) in [6.45, 7) is 8.30. The molecule has 0 spiro atoms. The van der Waals surface area contributed by atoms with Crippen LogP contribution in [0.2, 0.25) is 0 Å². The molecule has 35 heavy (non-hydrogen) atoms. The van der Waals surface area contributed by atoms with Crippen molar-refractivity contribution in [1.29, 1.82) is 0 Å². The Hall–Kier alpha value is -3.12. The molecule has 2 heterocycles. The Labute approximate surface area is 208 Å². The summed E-state index contributed by atoms with van der Waals surface area (Å²) in [5.41, 5.74) is 3.50. The lowest BCUT2D eigenvalue weighted by Gasteiger charge is -2.46. The lowest BCUT2D eigenvalue weighted by Crippen LogP contribution is -2.57. The van der Waals surface area contributed by atoms with Crippen molar-refractivity contribution in [2.24, 2.45) is 0 Å². The van der Waals surface area contributed by atoms with Crippen LogP contribution in [0, 0.1) is 0 Å². The van der Waals surface area contributed by atoms with Gasteiger partial charge in [-0.2, -0.15) is 0 Å². The maximum atomic E-state index is 11.6. The Bertz CT molecular complexity index is 997. The number of nitrogens with one attached hydrogen (secondary N) is 1. The summed E-state index contributed by atoms with van der Waals surface area (Å²) in [5.74, 6) is 1.37. The average molecular weight is 477 g/mol. The van der Waals surface area contributed by atoms with Crippen LogP contribution in [-0.4, -0.2) is 67.2 Å². The Balaban J connectivity index is 1.30. The van der Waals surface area contributed by atoms with Crippen LogP contribution in [0.1, 0.15) is 38.2 Å². The van der Waals surface area contributed by atoms with E-state index in [2.05, 4.69) is 62.5 Å². The van der Waals surface area contributed by atoms with Crippen molar-refractivity contribution >= 4 is 23.3 Å². The molecule has 2 saturated heterocycles. The van der Waals surface area contributed by atoms with Crippen molar-refractivity contribution in [3.05, 3.63) is 65.9 Å². The molecule has 1 unspecified atom stereocenters. The molecule has 0 amide bonds. The van der Waals surface area contributed by atoms with E-state index in [1.165, 1.54) is 37.1 Å². The number of carbonyl (C=O) groups excluding carboxylic acids is 2. The van der Waals surface area contributed by atoms with Gasteiger partial charge in [-0.3, -0.25) is 14.6 Å². The van der Waals surface area contributed by atoms with Crippen LogP contribution in [0.3, 0.4) is 0 Å². The summed E-state index contributed by atoms with van der Waals surface area (Å²) in [5, 5.41) is 2.98. The van der Waals surface area contributed by atoms with Gasteiger partial charge in [0.25, 0.3) is 0 Å². The second-order valence-electron chi connectivity index (χ2n) is 9.19. The molecule has 2 aliphatic heterocycles. The topological polar surface area (TPSA) is 65.1 Å². The molecule has 2 fully saturated rings. The van der Waals surface area contributed by atoms with E-state index in [0.717, 1.165) is 38.4 Å². The maximum Gasteiger partial charge on any atom is 0.312 e. The fraction of sp³-hybridized carbons (Fsp3) is 0.464. The molecular weight excluding hydrogens is 440 g/mol. The van der Waals surface area contributed by atoms with Crippen LogP contribution in [0.5, 0.6) is 0 Å². The summed E-state index contributed by atoms with van der Waals surface area (Å²) in [4.78, 5) is 30.6. The van der Waals surface area contributed by atoms with Gasteiger partial charge in [0.05, 0.1) is 19.2 Å². The highest BCUT2D eigenvalue weighted by molar-refractivity contribution is 5.78. The minimum atomic E-state index is -0.437. The highest BCUT2D eigenvalue weighted by atomic mass is 16.5. The number of hydrogen-bond donors (Lipinski definition) is 1. The van der Waals surface area contributed by atoms with Crippen LogP contribution in [-0.2, 0) is 20.9 Å². The molecule has 4 rings (SSSR count). The number of likely N-dealkylation sites (tertiary alicyclic amines) is 1. The first kappa shape index (κ1) is 25.0. The van der Waals surface area contributed by atoms with Crippen LogP contribution in [0.15, 0.2) is 60.3 Å². The zero-order chi connectivity index (χ0) is 24.5. The van der Waals surface area contributed by atoms with Crippen LogP contribution in [0.4, 0.5) is 11.4 Å². The molecule has 0 radical (unpaired) electrons. The van der Waals surface area contributed by atoms with E-state index >= 15 is 0 Å². The molecule has 0 bridgehead atoms. The second-order valence-corrected chi connectivity index (χ2v) is 9.19. The van der Waals surface area contributed by atoms with E-state index in [1.807, 2.05) is 18.1 Å². The Morgan fingerprint density at radius 1 is 1.00 bits per heavy atom. The maximum absolute atomic E-state index is 11.6. The SMILES string of the molecule is CCOC(=O)CC(=C=O)Nc1ccc(N2CCN(C3CCCCN3Cc3ccccc3)CC2)cc1. The standard InChI is InChI=1S/C28H36N4O3/c1-2-35-28(34)20-25(22-33)29-24-11-13-26(14-12-24)30-16-18-31(19-17-30)27-10-6-7-15-32(27)21-23-8-4-3-5-9-23/h3-5,8-9,11-14,27,29H,2,6-7,10,15-21H2,1H3. The summed E-state index contributed by atoms with van der Waals surface area (Å²) in [6, 6.07) is 18.8. The number of esters is 1. The highest BCUT2D eigenvalue weighted by Crippen LogP contribution is 2.26. The second kappa shape index (κ2) is 12.5. The molecule has 2 aromatic rings. The first-order valence-corrected chi connectivity index (χ1v) is 12.7. The predicted molar refractivity (Wildman–Crippen MR) is 139 cm³/mol. The van der Waals surface area contributed by atoms with Crippen molar-refractivity contribution in [2.75, 3.05) is 49.5 Å². The molecule has 7 nitrogen and oxygen atoms in total. The molecule has 0 saturated carbocycles. The van der Waals surface area contributed by atoms with Crippen molar-refractivity contribution in [3.8, 4) is 0 Å². The first-order valence-electron chi connectivity index (χ1n) is 12.7. The third-order valence-electron chi connectivity index (χ3n) is 6.82. The molecule has 0 aromatic heterocycles. The van der Waals surface area contributed by atoms with Gasteiger partial charge in [-0.15, -0.1) is 0 Å². The third-order valence-corrected chi connectivity index (χ3v) is 6.82. The molecular formula is C28H36N4O3. The molecule has 1 atom stereocenters. The fourth-order valence-electron chi connectivity index (χ4n) is 5.06. The van der Waals surface area contributed by atoms with E-state index in [-0.39, 0.29) is 12.1 Å². The number of piperazine rings is 1. The first-order chi connectivity index (χ1) is 17.2. The zero-order valence-electron chi connectivity index (χ0n) is 20.6. The summed E-state index contributed by atoms with van der Waals surface area (Å²) < 4.78 is 4.91. The summed E-state index contributed by atoms with van der Waals surface area (Å²) in [6.07, 6.45) is 4.24. The summed E-state index contributed by atoms with van der Waals surface area (Å²) in [7, 11) is 0. The lowest BCUT2D eigenvalue weighted by atomic mass is 10.0. The smallest absolute Gasteiger partial charge is 0.312 e.